The van der Waals surface area contributed by atoms with Crippen LogP contribution in [-0.4, -0.2) is 24.0 Å². The minimum Gasteiger partial charge on any atom is -0.462 e. The summed E-state index contributed by atoms with van der Waals surface area (Å²) in [4.78, 5) is 22.1. The van der Waals surface area contributed by atoms with Crippen molar-refractivity contribution in [2.24, 2.45) is 0 Å². The second kappa shape index (κ2) is 7.13. The van der Waals surface area contributed by atoms with Crippen LogP contribution in [0, 0.1) is 10.1 Å². The fourth-order valence-corrected chi connectivity index (χ4v) is 1.74. The number of hydrogen-bond acceptors (Lipinski definition) is 4. The first-order valence-electron chi connectivity index (χ1n) is 5.84. The lowest BCUT2D eigenvalue weighted by molar-refractivity contribution is -0.481. The largest absolute Gasteiger partial charge is 0.462 e. The molecule has 19 heavy (non-hydrogen) atoms. The number of nitro groups is 1. The number of hydrogen-bond donors (Lipinski definition) is 0. The maximum atomic E-state index is 11.8. The van der Waals surface area contributed by atoms with Crippen molar-refractivity contribution in [3.8, 4) is 0 Å². The van der Waals surface area contributed by atoms with Gasteiger partial charge >= 0.3 is 5.97 Å². The van der Waals surface area contributed by atoms with Gasteiger partial charge in [0.1, 0.15) is 0 Å². The summed E-state index contributed by atoms with van der Waals surface area (Å²) in [5.41, 5.74) is 3.23. The van der Waals surface area contributed by atoms with Crippen molar-refractivity contribution >= 4 is 5.97 Å². The van der Waals surface area contributed by atoms with Crippen molar-refractivity contribution in [1.29, 1.82) is 0 Å². The summed E-state index contributed by atoms with van der Waals surface area (Å²) < 4.78 is 4.88. The summed E-state index contributed by atoms with van der Waals surface area (Å²) >= 11 is 0. The van der Waals surface area contributed by atoms with Crippen molar-refractivity contribution < 1.29 is 14.5 Å². The third-order valence-electron chi connectivity index (χ3n) is 2.57. The molecule has 0 aliphatic rings. The van der Waals surface area contributed by atoms with Gasteiger partial charge < -0.3 is 4.74 Å². The van der Waals surface area contributed by atoms with Crippen LogP contribution in [0.3, 0.4) is 0 Å². The zero-order valence-corrected chi connectivity index (χ0v) is 10.7. The van der Waals surface area contributed by atoms with Crippen molar-refractivity contribution in [2.45, 2.75) is 12.8 Å². The highest BCUT2D eigenvalue weighted by Crippen LogP contribution is 2.24. The Labute approximate surface area is 111 Å². The van der Waals surface area contributed by atoms with Crippen LogP contribution >= 0.6 is 0 Å². The molecule has 5 heteroatoms. The number of carbonyl (C=O) groups is 1. The highest BCUT2D eigenvalue weighted by molar-refractivity contribution is 5.90. The lowest BCUT2D eigenvalue weighted by Gasteiger charge is -2.14. The molecule has 1 rings (SSSR count). The topological polar surface area (TPSA) is 69.4 Å². The van der Waals surface area contributed by atoms with E-state index in [9.17, 15) is 14.9 Å². The van der Waals surface area contributed by atoms with E-state index in [4.69, 9.17) is 4.74 Å². The highest BCUT2D eigenvalue weighted by atomic mass is 16.6. The Bertz CT molecular complexity index is 503. The molecule has 0 amide bonds. The maximum absolute atomic E-state index is 11.8. The quantitative estimate of drug-likeness (QED) is 0.259. The van der Waals surface area contributed by atoms with E-state index in [-0.39, 0.29) is 12.2 Å². The van der Waals surface area contributed by atoms with Gasteiger partial charge in [-0.05, 0) is 12.5 Å². The molecule has 0 aromatic heterocycles. The first-order chi connectivity index (χ1) is 9.10. The van der Waals surface area contributed by atoms with E-state index in [0.717, 1.165) is 0 Å². The number of nitrogens with zero attached hydrogens (tertiary/aromatic N) is 1. The second-order valence-electron chi connectivity index (χ2n) is 3.79. The Morgan fingerprint density at radius 2 is 2.11 bits per heavy atom. The molecule has 0 heterocycles. The first kappa shape index (κ1) is 14.7. The van der Waals surface area contributed by atoms with Gasteiger partial charge in [0.2, 0.25) is 6.54 Å². The van der Waals surface area contributed by atoms with E-state index in [1.54, 1.807) is 37.3 Å². The summed E-state index contributed by atoms with van der Waals surface area (Å²) in [6.45, 7) is 4.90. The van der Waals surface area contributed by atoms with Crippen molar-refractivity contribution in [3.05, 3.63) is 63.9 Å². The van der Waals surface area contributed by atoms with Gasteiger partial charge in [0.05, 0.1) is 18.1 Å². The van der Waals surface area contributed by atoms with Gasteiger partial charge in [-0.1, -0.05) is 36.9 Å². The van der Waals surface area contributed by atoms with E-state index in [0.29, 0.717) is 5.56 Å². The number of carbonyl (C=O) groups excluding carboxylic acids is 1. The third-order valence-corrected chi connectivity index (χ3v) is 2.57. The number of esters is 1. The summed E-state index contributed by atoms with van der Waals surface area (Å²) in [6.07, 6.45) is 0. The zero-order valence-electron chi connectivity index (χ0n) is 10.7. The van der Waals surface area contributed by atoms with Crippen LogP contribution < -0.4 is 0 Å². The monoisotopic (exact) mass is 261 g/mol. The van der Waals surface area contributed by atoms with Crippen LogP contribution in [0.15, 0.2) is 48.2 Å². The molecular formula is C14H15NO4. The molecule has 0 bridgehead atoms. The van der Waals surface area contributed by atoms with E-state index < -0.39 is 23.4 Å². The molecular weight excluding hydrogens is 246 g/mol. The molecule has 0 spiro atoms. The Hall–Kier alpha value is -2.39. The molecule has 0 N–H and O–H groups in total. The van der Waals surface area contributed by atoms with E-state index >= 15 is 0 Å². The summed E-state index contributed by atoms with van der Waals surface area (Å²) in [5.74, 6) is -1.32. The van der Waals surface area contributed by atoms with E-state index in [1.165, 1.54) is 0 Å². The Kier molecular flexibility index (Phi) is 5.51. The third kappa shape index (κ3) is 4.08. The Morgan fingerprint density at radius 1 is 1.47 bits per heavy atom. The number of benzene rings is 1. The molecule has 100 valence electrons. The molecule has 0 saturated carbocycles. The maximum Gasteiger partial charge on any atom is 0.342 e. The van der Waals surface area contributed by atoms with Gasteiger partial charge in [0.15, 0.2) is 0 Å². The fourth-order valence-electron chi connectivity index (χ4n) is 1.74. The lowest BCUT2D eigenvalue weighted by atomic mass is 9.91. The van der Waals surface area contributed by atoms with Crippen molar-refractivity contribution in [1.82, 2.24) is 0 Å². The summed E-state index contributed by atoms with van der Waals surface area (Å²) in [7, 11) is 0. The average molecular weight is 261 g/mol. The molecule has 5 nitrogen and oxygen atoms in total. The van der Waals surface area contributed by atoms with Crippen LogP contribution in [0.1, 0.15) is 18.4 Å². The van der Waals surface area contributed by atoms with E-state index in [2.05, 4.69) is 12.3 Å². The van der Waals surface area contributed by atoms with Gasteiger partial charge in [0.25, 0.3) is 0 Å². The van der Waals surface area contributed by atoms with Crippen LogP contribution in [0.2, 0.25) is 0 Å². The normalized spacial score (nSPS) is 11.2. The lowest BCUT2D eigenvalue weighted by Crippen LogP contribution is -2.20. The van der Waals surface area contributed by atoms with Gasteiger partial charge in [0, 0.05) is 4.92 Å². The number of ether oxygens (including phenoxy) is 1. The predicted octanol–water partition coefficient (Wildman–Crippen LogP) is 2.32. The standard InChI is InChI=1S/C14H15NO4/c1-3-12(14(16)19-4-2)13(10-15(17)18)11-8-6-5-7-9-11/h5-9,13H,1,4,10H2,2H3. The molecule has 1 aromatic carbocycles. The van der Waals surface area contributed by atoms with Gasteiger partial charge in [-0.15, -0.1) is 5.73 Å². The molecule has 1 atom stereocenters. The zero-order chi connectivity index (χ0) is 14.3. The van der Waals surface area contributed by atoms with Crippen LogP contribution in [0.4, 0.5) is 0 Å². The number of rotatable bonds is 6. The second-order valence-corrected chi connectivity index (χ2v) is 3.79. The molecule has 0 aliphatic heterocycles. The van der Waals surface area contributed by atoms with Crippen LogP contribution in [0.25, 0.3) is 0 Å². The van der Waals surface area contributed by atoms with Crippen molar-refractivity contribution in [3.63, 3.8) is 0 Å². The molecule has 0 saturated heterocycles. The van der Waals surface area contributed by atoms with Crippen LogP contribution in [-0.2, 0) is 9.53 Å². The SMILES string of the molecule is C=C=C(C(=O)OCC)C(C[N+](=O)[O-])c1ccccc1. The van der Waals surface area contributed by atoms with Crippen LogP contribution in [0.5, 0.6) is 0 Å². The molecule has 0 radical (unpaired) electrons. The average Bonchev–Trinajstić information content (AvgIpc) is 2.39. The Balaban J connectivity index is 3.13. The van der Waals surface area contributed by atoms with Gasteiger partial charge in [-0.3, -0.25) is 10.1 Å². The molecule has 1 aromatic rings. The Morgan fingerprint density at radius 3 is 2.58 bits per heavy atom. The fraction of sp³-hybridized carbons (Fsp3) is 0.286. The summed E-state index contributed by atoms with van der Waals surface area (Å²) in [5, 5.41) is 10.8. The highest BCUT2D eigenvalue weighted by Gasteiger charge is 2.28. The first-order valence-corrected chi connectivity index (χ1v) is 5.84. The minimum absolute atomic E-state index is 0.0877. The molecule has 1 unspecified atom stereocenters. The molecule has 0 fully saturated rings. The van der Waals surface area contributed by atoms with Crippen molar-refractivity contribution in [2.75, 3.05) is 13.2 Å². The smallest absolute Gasteiger partial charge is 0.342 e. The molecule has 0 aliphatic carbocycles. The summed E-state index contributed by atoms with van der Waals surface area (Å²) in [6, 6.07) is 8.77. The van der Waals surface area contributed by atoms with E-state index in [1.807, 2.05) is 0 Å². The van der Waals surface area contributed by atoms with Gasteiger partial charge in [-0.2, -0.15) is 0 Å². The minimum atomic E-state index is -0.701. The predicted molar refractivity (Wildman–Crippen MR) is 70.3 cm³/mol. The van der Waals surface area contributed by atoms with Gasteiger partial charge in [-0.25, -0.2) is 4.79 Å².